The van der Waals surface area contributed by atoms with Gasteiger partial charge in [-0.05, 0) is 75.1 Å². The summed E-state index contributed by atoms with van der Waals surface area (Å²) in [7, 11) is 2.65. The third-order valence-electron chi connectivity index (χ3n) is 14.9. The van der Waals surface area contributed by atoms with Gasteiger partial charge in [0, 0.05) is 118 Å². The van der Waals surface area contributed by atoms with Crippen molar-refractivity contribution >= 4 is 87.0 Å². The van der Waals surface area contributed by atoms with E-state index in [1.807, 2.05) is 69.3 Å². The first-order chi connectivity index (χ1) is 31.8. The topological polar surface area (TPSA) is 136 Å². The molecule has 0 radical (unpaired) electrons. The van der Waals surface area contributed by atoms with E-state index < -0.39 is 8.07 Å². The van der Waals surface area contributed by atoms with E-state index in [0.29, 0.717) is 27.7 Å². The van der Waals surface area contributed by atoms with Crippen LogP contribution in [-0.2, 0) is 25.6 Å². The van der Waals surface area contributed by atoms with Crippen molar-refractivity contribution in [3.05, 3.63) is 71.5 Å². The summed E-state index contributed by atoms with van der Waals surface area (Å²) in [5, 5.41) is 15.8. The Balaban J connectivity index is 0.000000150. The van der Waals surface area contributed by atoms with Gasteiger partial charge in [-0.15, -0.1) is 0 Å². The maximum atomic E-state index is 6.93. The van der Waals surface area contributed by atoms with Crippen LogP contribution in [0.5, 0.6) is 0 Å². The monoisotopic (exact) mass is 943 g/mol. The molecule has 344 valence electrons. The van der Waals surface area contributed by atoms with E-state index >= 15 is 0 Å². The number of hydrogen-bond donors (Lipinski definition) is 2. The molecule has 0 atom stereocenters. The Labute approximate surface area is 396 Å². The van der Waals surface area contributed by atoms with Crippen LogP contribution < -0.4 is 15.1 Å². The summed E-state index contributed by atoms with van der Waals surface area (Å²) in [5.74, 6) is 1.90. The highest BCUT2D eigenvalue weighted by Gasteiger charge is 2.41. The number of aromatic nitrogens is 10. The minimum absolute atomic E-state index is 0.384. The maximum absolute atomic E-state index is 6.93. The van der Waals surface area contributed by atoms with Crippen LogP contribution in [0.2, 0.25) is 35.7 Å². The molecule has 0 unspecified atom stereocenters. The normalized spacial score (nSPS) is 18.1. The van der Waals surface area contributed by atoms with Crippen LogP contribution in [0.1, 0.15) is 51.4 Å². The van der Waals surface area contributed by atoms with Crippen molar-refractivity contribution < 1.29 is 4.74 Å². The van der Waals surface area contributed by atoms with E-state index in [9.17, 15) is 0 Å². The van der Waals surface area contributed by atoms with Gasteiger partial charge in [0.25, 0.3) is 0 Å². The third kappa shape index (κ3) is 8.14. The van der Waals surface area contributed by atoms with Gasteiger partial charge in [0.1, 0.15) is 29.4 Å². The Hall–Kier alpha value is -5.06. The number of aryl methyl sites for hydroxylation is 2. The van der Waals surface area contributed by atoms with E-state index in [1.165, 1.54) is 51.4 Å². The second kappa shape index (κ2) is 16.9. The lowest BCUT2D eigenvalue weighted by molar-refractivity contribution is 0.0898. The molecular weight excluding hydrogens is 886 g/mol. The molecule has 2 spiro atoms. The smallest absolute Gasteiger partial charge is 0.163 e. The average Bonchev–Trinajstić information content (AvgIpc) is 4.08. The van der Waals surface area contributed by atoms with Crippen molar-refractivity contribution in [2.45, 2.75) is 89.3 Å². The summed E-state index contributed by atoms with van der Waals surface area (Å²) in [4.78, 5) is 27.8. The number of aromatic amines is 1. The molecule has 9 heterocycles. The van der Waals surface area contributed by atoms with E-state index in [0.717, 1.165) is 123 Å². The van der Waals surface area contributed by atoms with Gasteiger partial charge in [-0.1, -0.05) is 61.4 Å². The van der Waals surface area contributed by atoms with Gasteiger partial charge in [0.15, 0.2) is 11.3 Å². The highest BCUT2D eigenvalue weighted by atomic mass is 35.5. The number of nitrogens with one attached hydrogen (secondary N) is 2. The molecule has 17 heteroatoms. The predicted molar refractivity (Wildman–Crippen MR) is 269 cm³/mol. The van der Waals surface area contributed by atoms with Crippen molar-refractivity contribution in [2.75, 3.05) is 49.1 Å². The number of halogens is 2. The van der Waals surface area contributed by atoms with Crippen LogP contribution in [0.15, 0.2) is 61.4 Å². The van der Waals surface area contributed by atoms with Gasteiger partial charge >= 0.3 is 0 Å². The Morgan fingerprint density at radius 2 is 1.29 bits per heavy atom. The van der Waals surface area contributed by atoms with Crippen LogP contribution in [0.25, 0.3) is 66.4 Å². The largest absolute Gasteiger partial charge is 0.361 e. The Morgan fingerprint density at radius 3 is 1.86 bits per heavy atom. The molecule has 0 amide bonds. The number of hydrogen-bond acceptors (Lipinski definition) is 10. The molecule has 4 aliphatic rings. The van der Waals surface area contributed by atoms with Crippen molar-refractivity contribution in [1.29, 1.82) is 0 Å². The van der Waals surface area contributed by atoms with Crippen LogP contribution in [0, 0.1) is 5.41 Å². The highest BCUT2D eigenvalue weighted by molar-refractivity contribution is 6.76. The molecule has 6 aromatic heterocycles. The zero-order chi connectivity index (χ0) is 45.4. The molecule has 0 bridgehead atoms. The molecule has 3 aliphatic heterocycles. The number of benzene rings is 2. The molecule has 8 aromatic rings. The Bertz CT molecular complexity index is 3080. The van der Waals surface area contributed by atoms with E-state index in [1.54, 1.807) is 9.36 Å². The van der Waals surface area contributed by atoms with Gasteiger partial charge in [-0.2, -0.15) is 10.2 Å². The first kappa shape index (κ1) is 43.5. The molecule has 14 nitrogen and oxygen atoms in total. The van der Waals surface area contributed by atoms with E-state index in [4.69, 9.17) is 47.9 Å². The molecule has 1 saturated carbocycles. The molecule has 1 aliphatic carbocycles. The number of rotatable bonds is 9. The minimum Gasteiger partial charge on any atom is -0.361 e. The Morgan fingerprint density at radius 1 is 0.697 bits per heavy atom. The van der Waals surface area contributed by atoms with Gasteiger partial charge in [0.05, 0.1) is 33.5 Å². The number of ether oxygens (including phenoxy) is 1. The van der Waals surface area contributed by atoms with Crippen LogP contribution in [0.3, 0.4) is 0 Å². The molecule has 12 rings (SSSR count). The van der Waals surface area contributed by atoms with Crippen LogP contribution in [0.4, 0.5) is 11.6 Å². The molecule has 4 fully saturated rings. The van der Waals surface area contributed by atoms with Crippen LogP contribution >= 0.6 is 23.2 Å². The number of anilines is 2. The summed E-state index contributed by atoms with van der Waals surface area (Å²) < 4.78 is 11.8. The fourth-order valence-corrected chi connectivity index (χ4v) is 11.9. The standard InChI is InChI=1S/C28H37ClN6OSi.C21H22ClN7/c1-33-17-22-23(32-33)7-6-20(25(22)29)21-18-35(19-36-14-15-37(2,3)4)27-26(21)30-16-24(31-27)34-12-10-28(11-13-34)8-5-9-28;1-28-12-15-16(27-28)3-2-13(18(15)22)14-10-24-20-19(14)23-11-17(26-20)29-8-5-21(6-9-29)4-7-25-21/h6-7,16-18H,5,8-15,19H2,1-4H3;2-3,10-12,25H,4-9H2,1H3,(H,24,26). The fraction of sp³-hybridized carbons (Fsp3) is 0.469. The van der Waals surface area contributed by atoms with Gasteiger partial charge in [-0.3, -0.25) is 9.36 Å². The molecule has 3 saturated heterocycles. The first-order valence-corrected chi connectivity index (χ1v) is 28.1. The molecule has 2 N–H and O–H groups in total. The zero-order valence-corrected chi connectivity index (χ0v) is 41.2. The average molecular weight is 945 g/mol. The summed E-state index contributed by atoms with van der Waals surface area (Å²) in [6.45, 7) is 13.6. The van der Waals surface area contributed by atoms with Crippen molar-refractivity contribution in [1.82, 2.24) is 54.4 Å². The highest BCUT2D eigenvalue weighted by Crippen LogP contribution is 2.49. The summed E-state index contributed by atoms with van der Waals surface area (Å²) >= 11 is 13.6. The van der Waals surface area contributed by atoms with Gasteiger partial charge in [0.2, 0.25) is 0 Å². The SMILES string of the molecule is Cn1cc2c(Cl)c(-c3c[nH]c4nc(N5CCC6(CCN6)CC5)cnc34)ccc2n1.Cn1cc2c(Cl)c(-c3cn(COCC[Si](C)(C)C)c4nc(N5CCC6(CCC6)CC5)cnc34)ccc2n1. The van der Waals surface area contributed by atoms with Gasteiger partial charge < -0.3 is 29.4 Å². The predicted octanol–water partition coefficient (Wildman–Crippen LogP) is 10.2. The summed E-state index contributed by atoms with van der Waals surface area (Å²) in [5.41, 5.74) is 9.93. The van der Waals surface area contributed by atoms with E-state index in [-0.39, 0.29) is 0 Å². The lowest BCUT2D eigenvalue weighted by Gasteiger charge is -2.49. The number of nitrogens with zero attached hydrogens (tertiary/aromatic N) is 11. The molecular formula is C49H59Cl2N13OSi. The molecule has 66 heavy (non-hydrogen) atoms. The number of piperidine rings is 2. The number of H-pyrrole nitrogens is 1. The fourth-order valence-electron chi connectivity index (χ4n) is 10.5. The van der Waals surface area contributed by atoms with Crippen molar-refractivity contribution in [3.8, 4) is 22.3 Å². The van der Waals surface area contributed by atoms with Crippen molar-refractivity contribution in [3.63, 3.8) is 0 Å². The quantitative estimate of drug-likeness (QED) is 0.106. The first-order valence-electron chi connectivity index (χ1n) is 23.6. The second-order valence-electron chi connectivity index (χ2n) is 20.5. The zero-order valence-electron chi connectivity index (χ0n) is 38.7. The lowest BCUT2D eigenvalue weighted by atomic mass is 9.63. The third-order valence-corrected chi connectivity index (χ3v) is 17.4. The van der Waals surface area contributed by atoms with Crippen LogP contribution in [-0.4, -0.2) is 102 Å². The summed E-state index contributed by atoms with van der Waals surface area (Å²) in [6, 6.07) is 9.20. The Kier molecular flexibility index (Phi) is 11.2. The van der Waals surface area contributed by atoms with E-state index in [2.05, 4.69) is 60.7 Å². The minimum atomic E-state index is -1.16. The summed E-state index contributed by atoms with van der Waals surface area (Å²) in [6.07, 6.45) is 22.2. The lowest BCUT2D eigenvalue weighted by Crippen LogP contribution is -2.62. The van der Waals surface area contributed by atoms with Gasteiger partial charge in [-0.25, -0.2) is 19.9 Å². The molecule has 2 aromatic carbocycles. The number of fused-ring (bicyclic) bond motifs is 4. The van der Waals surface area contributed by atoms with Crippen molar-refractivity contribution in [2.24, 2.45) is 19.5 Å². The second-order valence-corrected chi connectivity index (χ2v) is 26.9. The maximum Gasteiger partial charge on any atom is 0.163 e.